The van der Waals surface area contributed by atoms with Crippen molar-refractivity contribution in [2.45, 2.75) is 18.9 Å². The largest absolute Gasteiger partial charge is 0.381 e. The molecule has 0 aliphatic carbocycles. The number of para-hydroxylation sites is 1. The average molecular weight is 253 g/mol. The van der Waals surface area contributed by atoms with E-state index in [2.05, 4.69) is 53.8 Å². The summed E-state index contributed by atoms with van der Waals surface area (Å²) in [5.41, 5.74) is 3.93. The molecule has 1 saturated heterocycles. The standard InChI is InChI=1S/C17H19NO/c1-2-6-14(7-3-1)12-18-17-9-5-4-8-16(17)15-10-11-19-13-15/h1-9,15,18H,10-13H2. The van der Waals surface area contributed by atoms with Crippen molar-refractivity contribution in [3.05, 3.63) is 65.7 Å². The van der Waals surface area contributed by atoms with E-state index in [4.69, 9.17) is 4.74 Å². The van der Waals surface area contributed by atoms with E-state index < -0.39 is 0 Å². The molecule has 2 aromatic carbocycles. The van der Waals surface area contributed by atoms with E-state index in [-0.39, 0.29) is 0 Å². The number of anilines is 1. The van der Waals surface area contributed by atoms with Gasteiger partial charge in [-0.25, -0.2) is 0 Å². The topological polar surface area (TPSA) is 21.3 Å². The highest BCUT2D eigenvalue weighted by Gasteiger charge is 2.19. The number of benzene rings is 2. The monoisotopic (exact) mass is 253 g/mol. The summed E-state index contributed by atoms with van der Waals surface area (Å²) in [4.78, 5) is 0. The Morgan fingerprint density at radius 1 is 1.00 bits per heavy atom. The van der Waals surface area contributed by atoms with Crippen LogP contribution < -0.4 is 5.32 Å². The summed E-state index contributed by atoms with van der Waals surface area (Å²) in [6.07, 6.45) is 1.13. The van der Waals surface area contributed by atoms with Crippen molar-refractivity contribution in [1.29, 1.82) is 0 Å². The summed E-state index contributed by atoms with van der Waals surface area (Å²) in [5, 5.41) is 3.55. The molecule has 2 aromatic rings. The zero-order valence-electron chi connectivity index (χ0n) is 11.0. The maximum Gasteiger partial charge on any atom is 0.0536 e. The predicted octanol–water partition coefficient (Wildman–Crippen LogP) is 3.80. The molecule has 1 unspecified atom stereocenters. The Morgan fingerprint density at radius 2 is 1.79 bits per heavy atom. The van der Waals surface area contributed by atoms with Crippen LogP contribution in [0.5, 0.6) is 0 Å². The van der Waals surface area contributed by atoms with E-state index in [9.17, 15) is 0 Å². The minimum Gasteiger partial charge on any atom is -0.381 e. The van der Waals surface area contributed by atoms with Gasteiger partial charge in [0.2, 0.25) is 0 Å². The lowest BCUT2D eigenvalue weighted by Crippen LogP contribution is -2.06. The molecule has 1 aliphatic rings. The van der Waals surface area contributed by atoms with Crippen molar-refractivity contribution in [2.24, 2.45) is 0 Å². The fourth-order valence-electron chi connectivity index (χ4n) is 2.59. The molecular formula is C17H19NO. The minimum absolute atomic E-state index is 0.541. The smallest absolute Gasteiger partial charge is 0.0536 e. The van der Waals surface area contributed by atoms with Gasteiger partial charge in [-0.05, 0) is 23.6 Å². The molecule has 1 aliphatic heterocycles. The van der Waals surface area contributed by atoms with E-state index in [0.717, 1.165) is 26.2 Å². The van der Waals surface area contributed by atoms with Gasteiger partial charge >= 0.3 is 0 Å². The molecule has 2 heteroatoms. The first-order chi connectivity index (χ1) is 9.43. The lowest BCUT2D eigenvalue weighted by atomic mass is 9.96. The minimum atomic E-state index is 0.541. The molecule has 1 heterocycles. The first-order valence-corrected chi connectivity index (χ1v) is 6.88. The van der Waals surface area contributed by atoms with Gasteiger partial charge in [0.15, 0.2) is 0 Å². The Morgan fingerprint density at radius 3 is 2.58 bits per heavy atom. The van der Waals surface area contributed by atoms with Crippen LogP contribution >= 0.6 is 0 Å². The maximum absolute atomic E-state index is 5.50. The molecule has 0 saturated carbocycles. The van der Waals surface area contributed by atoms with Crippen LogP contribution in [0.2, 0.25) is 0 Å². The molecule has 0 bridgehead atoms. The van der Waals surface area contributed by atoms with E-state index in [1.807, 2.05) is 6.07 Å². The zero-order chi connectivity index (χ0) is 12.9. The van der Waals surface area contributed by atoms with Gasteiger partial charge in [-0.15, -0.1) is 0 Å². The zero-order valence-corrected chi connectivity index (χ0v) is 11.0. The van der Waals surface area contributed by atoms with Crippen molar-refractivity contribution in [3.8, 4) is 0 Å². The Labute approximate surface area is 114 Å². The Bertz CT molecular complexity index is 518. The van der Waals surface area contributed by atoms with Crippen molar-refractivity contribution < 1.29 is 4.74 Å². The lowest BCUT2D eigenvalue weighted by molar-refractivity contribution is 0.194. The van der Waals surface area contributed by atoms with Crippen LogP contribution in [0.1, 0.15) is 23.5 Å². The van der Waals surface area contributed by atoms with Crippen molar-refractivity contribution >= 4 is 5.69 Å². The van der Waals surface area contributed by atoms with Gasteiger partial charge in [0.1, 0.15) is 0 Å². The van der Waals surface area contributed by atoms with E-state index in [1.165, 1.54) is 16.8 Å². The van der Waals surface area contributed by atoms with Crippen LogP contribution in [0.3, 0.4) is 0 Å². The highest BCUT2D eigenvalue weighted by molar-refractivity contribution is 5.53. The first-order valence-electron chi connectivity index (χ1n) is 6.88. The van der Waals surface area contributed by atoms with Crippen LogP contribution in [-0.2, 0) is 11.3 Å². The highest BCUT2D eigenvalue weighted by Crippen LogP contribution is 2.30. The Kier molecular flexibility index (Phi) is 3.80. The third-order valence-electron chi connectivity index (χ3n) is 3.66. The average Bonchev–Trinajstić information content (AvgIpc) is 3.01. The molecule has 19 heavy (non-hydrogen) atoms. The molecule has 0 spiro atoms. The maximum atomic E-state index is 5.50. The molecule has 0 amide bonds. The number of hydrogen-bond acceptors (Lipinski definition) is 2. The summed E-state index contributed by atoms with van der Waals surface area (Å²) in [7, 11) is 0. The summed E-state index contributed by atoms with van der Waals surface area (Å²) in [5.74, 6) is 0.541. The van der Waals surface area contributed by atoms with E-state index >= 15 is 0 Å². The van der Waals surface area contributed by atoms with Crippen LogP contribution in [0.15, 0.2) is 54.6 Å². The third-order valence-corrected chi connectivity index (χ3v) is 3.66. The molecule has 1 fully saturated rings. The van der Waals surface area contributed by atoms with Crippen LogP contribution in [-0.4, -0.2) is 13.2 Å². The first kappa shape index (κ1) is 12.2. The molecule has 0 radical (unpaired) electrons. The molecule has 98 valence electrons. The van der Waals surface area contributed by atoms with Gasteiger partial charge in [0.25, 0.3) is 0 Å². The van der Waals surface area contributed by atoms with Gasteiger partial charge in [0.05, 0.1) is 6.61 Å². The summed E-state index contributed by atoms with van der Waals surface area (Å²) in [6, 6.07) is 19.1. The van der Waals surface area contributed by atoms with Crippen molar-refractivity contribution in [1.82, 2.24) is 0 Å². The van der Waals surface area contributed by atoms with E-state index in [1.54, 1.807) is 0 Å². The highest BCUT2D eigenvalue weighted by atomic mass is 16.5. The second-order valence-electron chi connectivity index (χ2n) is 4.99. The summed E-state index contributed by atoms with van der Waals surface area (Å²) >= 11 is 0. The summed E-state index contributed by atoms with van der Waals surface area (Å²) < 4.78 is 5.50. The Balaban J connectivity index is 1.73. The quantitative estimate of drug-likeness (QED) is 0.894. The molecule has 1 atom stereocenters. The van der Waals surface area contributed by atoms with Crippen molar-refractivity contribution in [2.75, 3.05) is 18.5 Å². The van der Waals surface area contributed by atoms with Gasteiger partial charge in [-0.1, -0.05) is 48.5 Å². The molecule has 2 nitrogen and oxygen atoms in total. The predicted molar refractivity (Wildman–Crippen MR) is 78.4 cm³/mol. The molecule has 3 rings (SSSR count). The number of nitrogens with one attached hydrogen (secondary N) is 1. The second-order valence-corrected chi connectivity index (χ2v) is 4.99. The van der Waals surface area contributed by atoms with Gasteiger partial charge < -0.3 is 10.1 Å². The SMILES string of the molecule is c1ccc(CNc2ccccc2C2CCOC2)cc1. The van der Waals surface area contributed by atoms with Crippen LogP contribution in [0.4, 0.5) is 5.69 Å². The number of rotatable bonds is 4. The van der Waals surface area contributed by atoms with E-state index in [0.29, 0.717) is 5.92 Å². The fourth-order valence-corrected chi connectivity index (χ4v) is 2.59. The molecule has 0 aromatic heterocycles. The second kappa shape index (κ2) is 5.89. The Hall–Kier alpha value is -1.80. The van der Waals surface area contributed by atoms with Crippen LogP contribution in [0, 0.1) is 0 Å². The normalized spacial score (nSPS) is 18.4. The number of hydrogen-bond donors (Lipinski definition) is 1. The number of ether oxygens (including phenoxy) is 1. The lowest BCUT2D eigenvalue weighted by Gasteiger charge is -2.15. The van der Waals surface area contributed by atoms with Crippen molar-refractivity contribution in [3.63, 3.8) is 0 Å². The van der Waals surface area contributed by atoms with Gasteiger partial charge in [-0.2, -0.15) is 0 Å². The van der Waals surface area contributed by atoms with Crippen LogP contribution in [0.25, 0.3) is 0 Å². The fraction of sp³-hybridized carbons (Fsp3) is 0.294. The third kappa shape index (κ3) is 2.96. The molecule has 1 N–H and O–H groups in total. The van der Waals surface area contributed by atoms with Gasteiger partial charge in [-0.3, -0.25) is 0 Å². The molecular weight excluding hydrogens is 234 g/mol. The summed E-state index contributed by atoms with van der Waals surface area (Å²) in [6.45, 7) is 2.60. The van der Waals surface area contributed by atoms with Gasteiger partial charge in [0, 0.05) is 24.8 Å².